The van der Waals surface area contributed by atoms with Gasteiger partial charge in [-0.3, -0.25) is 23.4 Å². The van der Waals surface area contributed by atoms with Crippen molar-refractivity contribution >= 4 is 40.6 Å². The van der Waals surface area contributed by atoms with Gasteiger partial charge in [-0.1, -0.05) is 74.6 Å². The number of carbonyl (C=O) groups excluding carboxylic acids is 5. The van der Waals surface area contributed by atoms with Crippen LogP contribution in [0.15, 0.2) is 11.6 Å². The van der Waals surface area contributed by atoms with Crippen LogP contribution in [0.5, 0.6) is 0 Å². The van der Waals surface area contributed by atoms with Crippen molar-refractivity contribution in [2.45, 2.75) is 140 Å². The number of unbranched alkanes of at least 4 members (excludes halogenated alkanes) is 5. The molecule has 1 saturated heterocycles. The molecule has 3 aliphatic carbocycles. The smallest absolute Gasteiger partial charge is 0.315 e. The van der Waals surface area contributed by atoms with Crippen LogP contribution in [0.2, 0.25) is 0 Å². The largest absolute Gasteiger partial charge is 0.772 e. The van der Waals surface area contributed by atoms with Gasteiger partial charge in [-0.2, -0.15) is 0 Å². The van der Waals surface area contributed by atoms with Crippen LogP contribution in [-0.4, -0.2) is 86.2 Å². The summed E-state index contributed by atoms with van der Waals surface area (Å²) in [7, 11) is 0. The zero-order valence-electron chi connectivity index (χ0n) is 27.2. The number of Topliss-reactive ketones (excluding diaryl/α,β-unsaturated/α-hetero) is 1. The van der Waals surface area contributed by atoms with E-state index in [-0.39, 0.29) is 24.1 Å². The summed E-state index contributed by atoms with van der Waals surface area (Å²) in [5, 5.41) is 11.4. The lowest BCUT2D eigenvalue weighted by Crippen LogP contribution is -2.61. The summed E-state index contributed by atoms with van der Waals surface area (Å²) in [6.45, 7) is 2.88. The molecule has 46 heavy (non-hydrogen) atoms. The predicted octanol–water partition coefficient (Wildman–Crippen LogP) is 2.89. The predicted molar refractivity (Wildman–Crippen MR) is 173 cm³/mol. The monoisotopic (exact) mass is 662 g/mol. The second-order valence-electron chi connectivity index (χ2n) is 13.8. The van der Waals surface area contributed by atoms with Crippen LogP contribution in [0.4, 0.5) is 4.79 Å². The maximum Gasteiger partial charge on any atom is 0.315 e. The Bertz CT molecular complexity index is 1170. The van der Waals surface area contributed by atoms with Gasteiger partial charge in [0.2, 0.25) is 17.6 Å². The van der Waals surface area contributed by atoms with E-state index in [0.29, 0.717) is 32.4 Å². The number of carbonyl (C=O) groups is 5. The van der Waals surface area contributed by atoms with Crippen molar-refractivity contribution in [3.05, 3.63) is 11.6 Å². The molecule has 13 heteroatoms. The average molecular weight is 663 g/mol. The molecule has 1 heterocycles. The van der Waals surface area contributed by atoms with Crippen LogP contribution >= 0.6 is 0 Å². The third kappa shape index (κ3) is 11.2. The average Bonchev–Trinajstić information content (AvgIpc) is 3.96. The molecule has 4 aliphatic rings. The highest BCUT2D eigenvalue weighted by Crippen LogP contribution is 2.40. The van der Waals surface area contributed by atoms with Gasteiger partial charge in [-0.15, -0.1) is 0 Å². The highest BCUT2D eigenvalue weighted by atomic mass is 32.2. The van der Waals surface area contributed by atoms with Crippen molar-refractivity contribution in [2.24, 2.45) is 5.41 Å². The Balaban J connectivity index is 1.33. The van der Waals surface area contributed by atoms with Gasteiger partial charge in [0, 0.05) is 24.9 Å². The molecule has 3 fully saturated rings. The standard InChI is InChI=1S/C33H53N5O7S/c1-33(17-7-6-8-18-33)28(37-32(43)34-19-9-4-2-3-5-10-21-46(44)45)31(42)38-20-11-12-26(38)29(40)36-25(22-23-13-14-23)27(39)30(41)35-24-15-16-24/h13,24-26,28H,2-12,14-22H2,1H3,(H,35,41)(H,36,40)(H,44,45)(H2,34,37,43)/p-1. The molecule has 12 nitrogen and oxygen atoms in total. The fourth-order valence-corrected chi connectivity index (χ4v) is 7.15. The summed E-state index contributed by atoms with van der Waals surface area (Å²) in [4.78, 5) is 68.0. The highest BCUT2D eigenvalue weighted by Gasteiger charge is 2.46. The maximum atomic E-state index is 14.2. The second-order valence-corrected chi connectivity index (χ2v) is 14.8. The van der Waals surface area contributed by atoms with E-state index in [1.807, 2.05) is 13.0 Å². The van der Waals surface area contributed by atoms with Crippen LogP contribution in [0.1, 0.15) is 116 Å². The van der Waals surface area contributed by atoms with Gasteiger partial charge >= 0.3 is 6.03 Å². The number of rotatable bonds is 19. The SMILES string of the molecule is CC1(C(NC(=O)NCCCCCCCCS(=O)[O-])C(=O)N2CCCC2C(=O)NC(CC2=CC2)C(=O)C(=O)NC2CC2)CCCCC1. The number of urea groups is 1. The molecule has 5 amide bonds. The quantitative estimate of drug-likeness (QED) is 0.0711. The van der Waals surface area contributed by atoms with Crippen LogP contribution in [0.3, 0.4) is 0 Å². The van der Waals surface area contributed by atoms with Gasteiger partial charge in [-0.05, 0) is 69.6 Å². The molecule has 0 radical (unpaired) electrons. The van der Waals surface area contributed by atoms with Crippen LogP contribution in [0, 0.1) is 5.41 Å². The molecule has 258 valence electrons. The van der Waals surface area contributed by atoms with E-state index < -0.39 is 58.2 Å². The second kappa shape index (κ2) is 17.4. The summed E-state index contributed by atoms with van der Waals surface area (Å²) in [5.74, 6) is -1.87. The number of amides is 5. The van der Waals surface area contributed by atoms with E-state index in [4.69, 9.17) is 0 Å². The third-order valence-electron chi connectivity index (χ3n) is 9.81. The van der Waals surface area contributed by atoms with Gasteiger partial charge in [0.15, 0.2) is 0 Å². The molecular formula is C33H52N5O7S-. The number of nitrogens with zero attached hydrogens (tertiary/aromatic N) is 1. The fraction of sp³-hybridized carbons (Fsp3) is 0.788. The highest BCUT2D eigenvalue weighted by molar-refractivity contribution is 7.79. The number of nitrogens with one attached hydrogen (secondary N) is 4. The number of allylic oxidation sites excluding steroid dienone is 1. The maximum absolute atomic E-state index is 14.2. The van der Waals surface area contributed by atoms with Crippen molar-refractivity contribution in [3.8, 4) is 0 Å². The zero-order chi connectivity index (χ0) is 33.1. The Morgan fingerprint density at radius 3 is 2.28 bits per heavy atom. The van der Waals surface area contributed by atoms with Gasteiger partial charge < -0.3 is 30.7 Å². The number of hydrogen-bond acceptors (Lipinski definition) is 7. The molecule has 4 rings (SSSR count). The van der Waals surface area contributed by atoms with Crippen molar-refractivity contribution in [2.75, 3.05) is 18.8 Å². The van der Waals surface area contributed by atoms with E-state index in [2.05, 4.69) is 21.3 Å². The van der Waals surface area contributed by atoms with Gasteiger partial charge in [0.05, 0.1) is 0 Å². The normalized spacial score (nSPS) is 22.2. The third-order valence-corrected chi connectivity index (χ3v) is 10.4. The van der Waals surface area contributed by atoms with Crippen molar-refractivity contribution in [1.82, 2.24) is 26.2 Å². The number of likely N-dealkylation sites (tertiary alicyclic amines) is 1. The molecule has 0 aromatic heterocycles. The lowest BCUT2D eigenvalue weighted by Gasteiger charge is -2.42. The van der Waals surface area contributed by atoms with Gasteiger partial charge in [0.25, 0.3) is 5.91 Å². The Morgan fingerprint density at radius 1 is 0.957 bits per heavy atom. The molecule has 0 bridgehead atoms. The summed E-state index contributed by atoms with van der Waals surface area (Å²) in [6.07, 6.45) is 15.5. The summed E-state index contributed by atoms with van der Waals surface area (Å²) in [5.41, 5.74) is 0.564. The first-order valence-corrected chi connectivity index (χ1v) is 18.6. The zero-order valence-corrected chi connectivity index (χ0v) is 28.1. The van der Waals surface area contributed by atoms with Crippen LogP contribution in [0.25, 0.3) is 0 Å². The van der Waals surface area contributed by atoms with Crippen LogP contribution < -0.4 is 21.3 Å². The first-order chi connectivity index (χ1) is 22.1. The van der Waals surface area contributed by atoms with Gasteiger partial charge in [-0.25, -0.2) is 4.79 Å². The minimum Gasteiger partial charge on any atom is -0.772 e. The van der Waals surface area contributed by atoms with E-state index in [0.717, 1.165) is 89.0 Å². The lowest BCUT2D eigenvalue weighted by molar-refractivity contribution is -0.144. The van der Waals surface area contributed by atoms with E-state index in [1.165, 1.54) is 0 Å². The first kappa shape index (κ1) is 36.0. The summed E-state index contributed by atoms with van der Waals surface area (Å²) < 4.78 is 21.3. The molecule has 0 spiro atoms. The minimum absolute atomic E-state index is 0.0274. The molecule has 2 saturated carbocycles. The number of hydrogen-bond donors (Lipinski definition) is 4. The van der Waals surface area contributed by atoms with Gasteiger partial charge in [0.1, 0.15) is 18.1 Å². The molecule has 0 aromatic rings. The van der Waals surface area contributed by atoms with Crippen molar-refractivity contribution in [1.29, 1.82) is 0 Å². The Kier molecular flexibility index (Phi) is 13.6. The molecule has 4 unspecified atom stereocenters. The minimum atomic E-state index is -1.99. The molecular weight excluding hydrogens is 610 g/mol. The Labute approximate surface area is 275 Å². The molecule has 1 aliphatic heterocycles. The van der Waals surface area contributed by atoms with Crippen LogP contribution in [-0.2, 0) is 30.3 Å². The Hall–Kier alpha value is -2.80. The van der Waals surface area contributed by atoms with Crippen molar-refractivity contribution < 1.29 is 32.7 Å². The topological polar surface area (TPSA) is 177 Å². The molecule has 4 atom stereocenters. The number of ketones is 1. The Morgan fingerprint density at radius 2 is 1.63 bits per heavy atom. The molecule has 0 aromatic carbocycles. The van der Waals surface area contributed by atoms with Crippen molar-refractivity contribution in [3.63, 3.8) is 0 Å². The van der Waals surface area contributed by atoms with E-state index >= 15 is 0 Å². The summed E-state index contributed by atoms with van der Waals surface area (Å²) in [6, 6.07) is -2.94. The lowest BCUT2D eigenvalue weighted by atomic mass is 9.70. The summed E-state index contributed by atoms with van der Waals surface area (Å²) >= 11 is -1.99. The fourth-order valence-electron chi connectivity index (χ4n) is 6.71. The van der Waals surface area contributed by atoms with E-state index in [1.54, 1.807) is 4.90 Å². The molecule has 4 N–H and O–H groups in total. The van der Waals surface area contributed by atoms with E-state index in [9.17, 15) is 32.7 Å². The first-order valence-electron chi connectivity index (χ1n) is 17.3.